The Balaban J connectivity index is 1.78. The molecule has 118 valence electrons. The Morgan fingerprint density at radius 1 is 1.41 bits per heavy atom. The first-order chi connectivity index (χ1) is 10.5. The smallest absolute Gasteiger partial charge is 0.123 e. The Hall–Kier alpha value is -1.72. The number of nitrogens with zero attached hydrogens (tertiary/aromatic N) is 3. The van der Waals surface area contributed by atoms with Gasteiger partial charge in [-0.3, -0.25) is 9.58 Å². The topological polar surface area (TPSA) is 41.3 Å². The highest BCUT2D eigenvalue weighted by Gasteiger charge is 2.32. The molecule has 0 spiro atoms. The number of likely N-dealkylation sites (tertiary alicyclic amines) is 1. The zero-order valence-corrected chi connectivity index (χ0v) is 13.0. The van der Waals surface area contributed by atoms with Crippen LogP contribution in [0.25, 0.3) is 0 Å². The van der Waals surface area contributed by atoms with E-state index in [2.05, 4.69) is 23.8 Å². The van der Waals surface area contributed by atoms with E-state index < -0.39 is 0 Å². The lowest BCUT2D eigenvalue weighted by Crippen LogP contribution is -2.24. The highest BCUT2D eigenvalue weighted by molar-refractivity contribution is 5.22. The van der Waals surface area contributed by atoms with Crippen LogP contribution in [0, 0.1) is 5.82 Å². The van der Waals surface area contributed by atoms with Gasteiger partial charge >= 0.3 is 0 Å². The van der Waals surface area contributed by atoms with Gasteiger partial charge in [-0.15, -0.1) is 0 Å². The van der Waals surface area contributed by atoms with Crippen molar-refractivity contribution in [2.24, 2.45) is 0 Å². The van der Waals surface area contributed by atoms with Gasteiger partial charge < -0.3 is 5.11 Å². The van der Waals surface area contributed by atoms with Gasteiger partial charge in [0.05, 0.1) is 12.3 Å². The lowest BCUT2D eigenvalue weighted by molar-refractivity contribution is 0.172. The first kappa shape index (κ1) is 15.2. The summed E-state index contributed by atoms with van der Waals surface area (Å²) in [6.07, 6.45) is 4.18. The van der Waals surface area contributed by atoms with E-state index in [4.69, 9.17) is 0 Å². The molecule has 2 atom stereocenters. The van der Waals surface area contributed by atoms with Gasteiger partial charge in [-0.25, -0.2) is 4.39 Å². The van der Waals surface area contributed by atoms with Gasteiger partial charge in [0.25, 0.3) is 0 Å². The summed E-state index contributed by atoms with van der Waals surface area (Å²) in [4.78, 5) is 2.20. The Morgan fingerprint density at radius 3 is 2.91 bits per heavy atom. The average Bonchev–Trinajstić information content (AvgIpc) is 3.06. The Bertz CT molecular complexity index is 640. The molecule has 1 N–H and O–H groups in total. The Morgan fingerprint density at radius 2 is 2.23 bits per heavy atom. The fraction of sp³-hybridized carbons (Fsp3) is 0.471. The molecule has 1 aliphatic rings. The minimum Gasteiger partial charge on any atom is -0.392 e. The summed E-state index contributed by atoms with van der Waals surface area (Å²) < 4.78 is 15.4. The predicted octanol–water partition coefficient (Wildman–Crippen LogP) is 2.91. The second-order valence-corrected chi connectivity index (χ2v) is 6.31. The zero-order valence-electron chi connectivity index (χ0n) is 13.0. The first-order valence-corrected chi connectivity index (χ1v) is 7.73. The molecule has 0 aliphatic carbocycles. The first-order valence-electron chi connectivity index (χ1n) is 7.73. The predicted molar refractivity (Wildman–Crippen MR) is 82.8 cm³/mol. The summed E-state index contributed by atoms with van der Waals surface area (Å²) in [7, 11) is 0. The van der Waals surface area contributed by atoms with Crippen LogP contribution in [0.2, 0.25) is 0 Å². The van der Waals surface area contributed by atoms with Crippen molar-refractivity contribution in [2.45, 2.75) is 45.0 Å². The van der Waals surface area contributed by atoms with Gasteiger partial charge in [-0.1, -0.05) is 12.1 Å². The minimum absolute atomic E-state index is 0.0492. The molecule has 3 rings (SSSR count). The SMILES string of the molecule is CC(C)n1cc(CN2CC(O)CC2c2cccc(F)c2)cn1. The molecule has 0 amide bonds. The van der Waals surface area contributed by atoms with Crippen molar-refractivity contribution in [2.75, 3.05) is 6.54 Å². The number of benzene rings is 1. The average molecular weight is 303 g/mol. The van der Waals surface area contributed by atoms with Crippen LogP contribution in [0.5, 0.6) is 0 Å². The van der Waals surface area contributed by atoms with Crippen molar-refractivity contribution in [1.82, 2.24) is 14.7 Å². The van der Waals surface area contributed by atoms with E-state index in [-0.39, 0.29) is 18.0 Å². The minimum atomic E-state index is -0.367. The van der Waals surface area contributed by atoms with Crippen molar-refractivity contribution in [3.05, 3.63) is 53.6 Å². The molecule has 22 heavy (non-hydrogen) atoms. The van der Waals surface area contributed by atoms with E-state index in [0.717, 1.165) is 11.1 Å². The van der Waals surface area contributed by atoms with Crippen molar-refractivity contribution in [3.8, 4) is 0 Å². The van der Waals surface area contributed by atoms with Crippen molar-refractivity contribution in [3.63, 3.8) is 0 Å². The number of halogens is 1. The van der Waals surface area contributed by atoms with Crippen LogP contribution in [0.1, 0.15) is 43.5 Å². The summed E-state index contributed by atoms with van der Waals surface area (Å²) >= 11 is 0. The van der Waals surface area contributed by atoms with Crippen molar-refractivity contribution >= 4 is 0 Å². The molecule has 0 radical (unpaired) electrons. The van der Waals surface area contributed by atoms with Crippen molar-refractivity contribution < 1.29 is 9.50 Å². The molecule has 1 aromatic heterocycles. The van der Waals surface area contributed by atoms with E-state index in [1.807, 2.05) is 23.1 Å². The Labute approximate surface area is 130 Å². The van der Waals surface area contributed by atoms with Gasteiger partial charge in [0.15, 0.2) is 0 Å². The van der Waals surface area contributed by atoms with Crippen LogP contribution < -0.4 is 0 Å². The number of hydrogen-bond acceptors (Lipinski definition) is 3. The maximum absolute atomic E-state index is 13.5. The van der Waals surface area contributed by atoms with Crippen LogP contribution in [-0.4, -0.2) is 32.4 Å². The van der Waals surface area contributed by atoms with Gasteiger partial charge in [0, 0.05) is 36.9 Å². The van der Waals surface area contributed by atoms with Gasteiger partial charge in [-0.2, -0.15) is 5.10 Å². The van der Waals surface area contributed by atoms with E-state index in [1.54, 1.807) is 12.1 Å². The quantitative estimate of drug-likeness (QED) is 0.944. The lowest BCUT2D eigenvalue weighted by atomic mass is 10.0. The third-order valence-electron chi connectivity index (χ3n) is 4.18. The Kier molecular flexibility index (Phi) is 4.27. The molecule has 2 heterocycles. The van der Waals surface area contributed by atoms with Crippen molar-refractivity contribution in [1.29, 1.82) is 0 Å². The molecule has 5 heteroatoms. The van der Waals surface area contributed by atoms with Gasteiger partial charge in [-0.05, 0) is 38.0 Å². The van der Waals surface area contributed by atoms with Gasteiger partial charge in [0.1, 0.15) is 5.82 Å². The lowest BCUT2D eigenvalue weighted by Gasteiger charge is -2.24. The van der Waals surface area contributed by atoms with Crippen LogP contribution in [0.4, 0.5) is 4.39 Å². The van der Waals surface area contributed by atoms with Gasteiger partial charge in [0.2, 0.25) is 0 Å². The molecule has 4 nitrogen and oxygen atoms in total. The second kappa shape index (κ2) is 6.18. The van der Waals surface area contributed by atoms with E-state index in [9.17, 15) is 9.50 Å². The molecular formula is C17H22FN3O. The molecular weight excluding hydrogens is 281 g/mol. The van der Waals surface area contributed by atoms with Crippen LogP contribution >= 0.6 is 0 Å². The summed E-state index contributed by atoms with van der Waals surface area (Å²) in [5.41, 5.74) is 2.04. The summed E-state index contributed by atoms with van der Waals surface area (Å²) in [6.45, 7) is 5.50. The second-order valence-electron chi connectivity index (χ2n) is 6.31. The van der Waals surface area contributed by atoms with E-state index in [0.29, 0.717) is 25.6 Å². The maximum Gasteiger partial charge on any atom is 0.123 e. The fourth-order valence-corrected chi connectivity index (χ4v) is 3.09. The maximum atomic E-state index is 13.5. The zero-order chi connectivity index (χ0) is 15.7. The summed E-state index contributed by atoms with van der Waals surface area (Å²) in [6, 6.07) is 7.05. The number of aromatic nitrogens is 2. The van der Waals surface area contributed by atoms with Crippen LogP contribution in [0.15, 0.2) is 36.7 Å². The molecule has 1 saturated heterocycles. The number of hydrogen-bond donors (Lipinski definition) is 1. The highest BCUT2D eigenvalue weighted by atomic mass is 19.1. The normalized spacial score (nSPS) is 22.6. The van der Waals surface area contributed by atoms with E-state index >= 15 is 0 Å². The van der Waals surface area contributed by atoms with Crippen LogP contribution in [-0.2, 0) is 6.54 Å². The highest BCUT2D eigenvalue weighted by Crippen LogP contribution is 2.33. The molecule has 1 aromatic carbocycles. The third kappa shape index (κ3) is 3.20. The molecule has 0 saturated carbocycles. The number of aliphatic hydroxyl groups excluding tert-OH is 1. The standard InChI is InChI=1S/C17H22FN3O/c1-12(2)21-10-13(8-19-21)9-20-11-16(22)7-17(20)14-4-3-5-15(18)6-14/h3-6,8,10,12,16-17,22H,7,9,11H2,1-2H3. The number of rotatable bonds is 4. The molecule has 2 unspecified atom stereocenters. The summed E-state index contributed by atoms with van der Waals surface area (Å²) in [5.74, 6) is -0.230. The fourth-order valence-electron chi connectivity index (χ4n) is 3.09. The monoisotopic (exact) mass is 303 g/mol. The number of β-amino-alcohol motifs (C(OH)–C–C–N with tert-alkyl or cyclic N) is 1. The molecule has 1 fully saturated rings. The molecule has 1 aliphatic heterocycles. The third-order valence-corrected chi connectivity index (χ3v) is 4.18. The molecule has 2 aromatic rings. The molecule has 0 bridgehead atoms. The summed E-state index contributed by atoms with van der Waals surface area (Å²) in [5, 5.41) is 14.4. The van der Waals surface area contributed by atoms with Crippen LogP contribution in [0.3, 0.4) is 0 Å². The van der Waals surface area contributed by atoms with E-state index in [1.165, 1.54) is 6.07 Å². The largest absolute Gasteiger partial charge is 0.392 e. The number of aliphatic hydroxyl groups is 1.